The molecule has 0 fully saturated rings. The third-order valence-electron chi connectivity index (χ3n) is 3.10. The Labute approximate surface area is 115 Å². The molecule has 0 unspecified atom stereocenters. The summed E-state index contributed by atoms with van der Waals surface area (Å²) in [5.41, 5.74) is 1.74. The molecule has 98 valence electrons. The molecule has 3 heteroatoms. The summed E-state index contributed by atoms with van der Waals surface area (Å²) in [5, 5.41) is 10.4. The van der Waals surface area contributed by atoms with Crippen LogP contribution in [0.4, 0.5) is 0 Å². The molecule has 1 heterocycles. The number of benzene rings is 2. The Morgan fingerprint density at radius 2 is 1.75 bits per heavy atom. The Bertz CT molecular complexity index is 901. The average Bonchev–Trinajstić information content (AvgIpc) is 2.46. The van der Waals surface area contributed by atoms with Crippen molar-refractivity contribution in [2.75, 3.05) is 0 Å². The maximum absolute atomic E-state index is 12.5. The zero-order valence-electron chi connectivity index (χ0n) is 10.7. The molecule has 3 rings (SSSR count). The summed E-state index contributed by atoms with van der Waals surface area (Å²) in [6.07, 6.45) is 5.33. The van der Waals surface area contributed by atoms with E-state index in [1.54, 1.807) is 30.4 Å². The highest BCUT2D eigenvalue weighted by Crippen LogP contribution is 2.22. The van der Waals surface area contributed by atoms with Crippen LogP contribution in [0.5, 0.6) is 5.75 Å². The van der Waals surface area contributed by atoms with Crippen molar-refractivity contribution in [2.45, 2.75) is 0 Å². The van der Waals surface area contributed by atoms with Crippen molar-refractivity contribution >= 4 is 28.0 Å². The lowest BCUT2D eigenvalue weighted by atomic mass is 10.1. The van der Waals surface area contributed by atoms with Crippen LogP contribution in [0.25, 0.3) is 28.0 Å². The topological polar surface area (TPSA) is 50.4 Å². The normalized spacial score (nSPS) is 11.4. The number of fused-ring (bicyclic) bond motifs is 2. The maximum Gasteiger partial charge on any atom is 0.200 e. The Balaban J connectivity index is 2.36. The van der Waals surface area contributed by atoms with Gasteiger partial charge in [-0.05, 0) is 35.9 Å². The first kappa shape index (κ1) is 12.2. The molecule has 0 saturated heterocycles. The highest BCUT2D eigenvalue weighted by molar-refractivity contribution is 5.91. The van der Waals surface area contributed by atoms with Gasteiger partial charge in [0, 0.05) is 0 Å². The zero-order chi connectivity index (χ0) is 14.1. The molecule has 0 saturated carbocycles. The van der Waals surface area contributed by atoms with Crippen LogP contribution in [0, 0.1) is 0 Å². The summed E-state index contributed by atoms with van der Waals surface area (Å²) < 4.78 is 5.69. The van der Waals surface area contributed by atoms with Gasteiger partial charge < -0.3 is 9.52 Å². The van der Waals surface area contributed by atoms with Gasteiger partial charge in [0.15, 0.2) is 0 Å². The standard InChI is InChI=1S/C17H12O3/c1-2-3-4-11-5-7-15-13(9-11)17(19)14-10-12(18)6-8-16(14)20-15/h2-10,18H,1H2/b4-3-. The van der Waals surface area contributed by atoms with Gasteiger partial charge in [-0.25, -0.2) is 0 Å². The SMILES string of the molecule is C=C/C=C\c1ccc2oc3ccc(O)cc3c(=O)c2c1. The van der Waals surface area contributed by atoms with E-state index in [1.807, 2.05) is 12.1 Å². The third-order valence-corrected chi connectivity index (χ3v) is 3.10. The minimum atomic E-state index is -0.147. The minimum Gasteiger partial charge on any atom is -0.508 e. The summed E-state index contributed by atoms with van der Waals surface area (Å²) in [6, 6.07) is 9.93. The molecule has 0 bridgehead atoms. The van der Waals surface area contributed by atoms with Crippen molar-refractivity contribution in [3.05, 3.63) is 70.9 Å². The third kappa shape index (κ3) is 1.99. The van der Waals surface area contributed by atoms with Gasteiger partial charge in [0.05, 0.1) is 10.8 Å². The largest absolute Gasteiger partial charge is 0.508 e. The summed E-state index contributed by atoms with van der Waals surface area (Å²) >= 11 is 0. The number of hydrogen-bond acceptors (Lipinski definition) is 3. The average molecular weight is 264 g/mol. The Morgan fingerprint density at radius 1 is 1.05 bits per heavy atom. The summed E-state index contributed by atoms with van der Waals surface area (Å²) in [7, 11) is 0. The van der Waals surface area contributed by atoms with Gasteiger partial charge in [-0.15, -0.1) is 0 Å². The number of rotatable bonds is 2. The molecule has 3 aromatic rings. The lowest BCUT2D eigenvalue weighted by Crippen LogP contribution is -2.02. The van der Waals surface area contributed by atoms with Gasteiger partial charge in [0.25, 0.3) is 0 Å². The van der Waals surface area contributed by atoms with Crippen molar-refractivity contribution in [1.82, 2.24) is 0 Å². The second-order valence-corrected chi connectivity index (χ2v) is 4.46. The number of phenolic OH excluding ortho intramolecular Hbond substituents is 1. The Morgan fingerprint density at radius 3 is 2.50 bits per heavy atom. The van der Waals surface area contributed by atoms with Crippen molar-refractivity contribution in [3.8, 4) is 5.75 Å². The summed E-state index contributed by atoms with van der Waals surface area (Å²) in [6.45, 7) is 3.61. The maximum atomic E-state index is 12.5. The van der Waals surface area contributed by atoms with Crippen molar-refractivity contribution < 1.29 is 9.52 Å². The molecule has 0 amide bonds. The fourth-order valence-corrected chi connectivity index (χ4v) is 2.14. The van der Waals surface area contributed by atoms with Gasteiger partial charge in [-0.2, -0.15) is 0 Å². The molecule has 20 heavy (non-hydrogen) atoms. The van der Waals surface area contributed by atoms with E-state index in [2.05, 4.69) is 6.58 Å². The predicted octanol–water partition coefficient (Wildman–Crippen LogP) is 3.85. The van der Waals surface area contributed by atoms with E-state index >= 15 is 0 Å². The number of aromatic hydroxyl groups is 1. The quantitative estimate of drug-likeness (QED) is 0.565. The fraction of sp³-hybridized carbons (Fsp3) is 0. The van der Waals surface area contributed by atoms with Gasteiger partial charge in [0.1, 0.15) is 16.9 Å². The van der Waals surface area contributed by atoms with Crippen LogP contribution >= 0.6 is 0 Å². The van der Waals surface area contributed by atoms with Gasteiger partial charge in [-0.3, -0.25) is 4.79 Å². The van der Waals surface area contributed by atoms with E-state index in [-0.39, 0.29) is 11.2 Å². The molecule has 0 aliphatic rings. The van der Waals surface area contributed by atoms with Gasteiger partial charge >= 0.3 is 0 Å². The van der Waals surface area contributed by atoms with Gasteiger partial charge in [-0.1, -0.05) is 30.9 Å². The first-order chi connectivity index (χ1) is 9.69. The van der Waals surface area contributed by atoms with Crippen molar-refractivity contribution in [1.29, 1.82) is 0 Å². The van der Waals surface area contributed by atoms with Crippen LogP contribution in [0.1, 0.15) is 5.56 Å². The first-order valence-electron chi connectivity index (χ1n) is 6.18. The molecule has 0 spiro atoms. The van der Waals surface area contributed by atoms with Crippen LogP contribution in [0.2, 0.25) is 0 Å². The zero-order valence-corrected chi connectivity index (χ0v) is 10.7. The lowest BCUT2D eigenvalue weighted by molar-refractivity contribution is 0.475. The Hall–Kier alpha value is -2.81. The predicted molar refractivity (Wildman–Crippen MR) is 80.9 cm³/mol. The van der Waals surface area contributed by atoms with Crippen LogP contribution in [-0.4, -0.2) is 5.11 Å². The molecule has 0 aliphatic carbocycles. The molecular formula is C17H12O3. The molecule has 3 nitrogen and oxygen atoms in total. The highest BCUT2D eigenvalue weighted by Gasteiger charge is 2.08. The van der Waals surface area contributed by atoms with Gasteiger partial charge in [0.2, 0.25) is 5.43 Å². The van der Waals surface area contributed by atoms with E-state index in [1.165, 1.54) is 12.1 Å². The first-order valence-corrected chi connectivity index (χ1v) is 6.18. The van der Waals surface area contributed by atoms with Crippen LogP contribution in [0.15, 0.2) is 64.3 Å². The smallest absolute Gasteiger partial charge is 0.200 e. The van der Waals surface area contributed by atoms with Crippen molar-refractivity contribution in [2.24, 2.45) is 0 Å². The van der Waals surface area contributed by atoms with Crippen molar-refractivity contribution in [3.63, 3.8) is 0 Å². The van der Waals surface area contributed by atoms with Crippen LogP contribution in [-0.2, 0) is 0 Å². The second-order valence-electron chi connectivity index (χ2n) is 4.46. The monoisotopic (exact) mass is 264 g/mol. The molecule has 0 atom stereocenters. The molecule has 1 aromatic heterocycles. The summed E-state index contributed by atoms with van der Waals surface area (Å²) in [5.74, 6) is 0.0480. The fourth-order valence-electron chi connectivity index (χ4n) is 2.14. The Kier molecular flexibility index (Phi) is 2.88. The molecule has 0 aliphatic heterocycles. The highest BCUT2D eigenvalue weighted by atomic mass is 16.3. The molecule has 0 radical (unpaired) electrons. The lowest BCUT2D eigenvalue weighted by Gasteiger charge is -2.02. The number of allylic oxidation sites excluding steroid dienone is 2. The van der Waals surface area contributed by atoms with Crippen LogP contribution in [0.3, 0.4) is 0 Å². The second kappa shape index (κ2) is 4.70. The van der Waals surface area contributed by atoms with E-state index in [4.69, 9.17) is 4.42 Å². The summed E-state index contributed by atoms with van der Waals surface area (Å²) in [4.78, 5) is 12.5. The van der Waals surface area contributed by atoms with E-state index in [0.717, 1.165) is 5.56 Å². The van der Waals surface area contributed by atoms with Crippen LogP contribution < -0.4 is 5.43 Å². The molecule has 2 aromatic carbocycles. The molecule has 1 N–H and O–H groups in total. The minimum absolute atomic E-state index is 0.0480. The van der Waals surface area contributed by atoms with E-state index < -0.39 is 0 Å². The van der Waals surface area contributed by atoms with E-state index in [0.29, 0.717) is 21.9 Å². The number of hydrogen-bond donors (Lipinski definition) is 1. The molecular weight excluding hydrogens is 252 g/mol. The van der Waals surface area contributed by atoms with E-state index in [9.17, 15) is 9.90 Å². The number of phenols is 1.